The molecule has 3 nitrogen and oxygen atoms in total. The minimum absolute atomic E-state index is 0.0213. The van der Waals surface area contributed by atoms with Crippen molar-refractivity contribution in [3.63, 3.8) is 0 Å². The van der Waals surface area contributed by atoms with Gasteiger partial charge in [-0.05, 0) is 72.8 Å². The van der Waals surface area contributed by atoms with Crippen molar-refractivity contribution in [3.8, 4) is 0 Å². The predicted octanol–water partition coefficient (Wildman–Crippen LogP) is 5.01. The molecule has 0 aliphatic heterocycles. The van der Waals surface area contributed by atoms with Crippen LogP contribution in [0, 0.1) is 45.8 Å². The fourth-order valence-corrected chi connectivity index (χ4v) is 8.30. The molecule has 0 aromatic rings. The molecule has 0 saturated heterocycles. The second-order valence-electron chi connectivity index (χ2n) is 10.9. The molecule has 28 heavy (non-hydrogen) atoms. The molecule has 0 N–H and O–H groups in total. The van der Waals surface area contributed by atoms with Crippen LogP contribution in [0.15, 0.2) is 23.8 Å². The highest BCUT2D eigenvalue weighted by Gasteiger charge is 2.66. The second-order valence-corrected chi connectivity index (χ2v) is 10.9. The number of rotatable bonds is 3. The van der Waals surface area contributed by atoms with Crippen LogP contribution >= 0.6 is 0 Å². The van der Waals surface area contributed by atoms with Gasteiger partial charge in [-0.1, -0.05) is 46.3 Å². The van der Waals surface area contributed by atoms with E-state index in [9.17, 15) is 9.59 Å². The third-order valence-electron chi connectivity index (χ3n) is 9.62. The van der Waals surface area contributed by atoms with Crippen molar-refractivity contribution in [2.24, 2.45) is 45.8 Å². The first-order valence-corrected chi connectivity index (χ1v) is 11.1. The Bertz CT molecular complexity index is 764. The van der Waals surface area contributed by atoms with Crippen molar-refractivity contribution in [3.05, 3.63) is 23.8 Å². The normalized spacial score (nSPS) is 49.9. The van der Waals surface area contributed by atoms with Crippen LogP contribution in [0.1, 0.15) is 60.3 Å². The molecule has 0 bridgehead atoms. The SMILES string of the molecule is COCC(=O)[C@@]1(C)CC[C@H]2[C@@H]3C[C@H](C)C4=CC(=O)C=C[C@]4(C)[C@H]3[C@@H](C)C[C@@]21C. The summed E-state index contributed by atoms with van der Waals surface area (Å²) in [7, 11) is 1.63. The Kier molecular flexibility index (Phi) is 4.58. The van der Waals surface area contributed by atoms with Gasteiger partial charge >= 0.3 is 0 Å². The van der Waals surface area contributed by atoms with E-state index in [-0.39, 0.29) is 34.4 Å². The Hall–Kier alpha value is -1.22. The molecule has 0 aromatic carbocycles. The van der Waals surface area contributed by atoms with Crippen molar-refractivity contribution in [1.82, 2.24) is 0 Å². The number of Topliss-reactive ketones (excluding diaryl/α,β-unsaturated/α-hetero) is 1. The molecule has 3 heteroatoms. The number of methoxy groups -OCH3 is 1. The number of carbonyl (C=O) groups is 2. The minimum Gasteiger partial charge on any atom is -0.377 e. The molecule has 4 aliphatic rings. The van der Waals surface area contributed by atoms with Crippen LogP contribution in [0.3, 0.4) is 0 Å². The molecule has 0 amide bonds. The molecular weight excluding hydrogens is 348 g/mol. The summed E-state index contributed by atoms with van der Waals surface area (Å²) in [5.74, 6) is 3.12. The topological polar surface area (TPSA) is 43.4 Å². The van der Waals surface area contributed by atoms with E-state index in [2.05, 4.69) is 40.7 Å². The van der Waals surface area contributed by atoms with Gasteiger partial charge in [-0.25, -0.2) is 0 Å². The Morgan fingerprint density at radius 3 is 2.64 bits per heavy atom. The average molecular weight is 385 g/mol. The van der Waals surface area contributed by atoms with Gasteiger partial charge in [-0.3, -0.25) is 9.59 Å². The Balaban J connectivity index is 1.75. The zero-order chi connectivity index (χ0) is 20.5. The monoisotopic (exact) mass is 384 g/mol. The summed E-state index contributed by atoms with van der Waals surface area (Å²) < 4.78 is 5.26. The minimum atomic E-state index is -0.286. The first-order valence-electron chi connectivity index (χ1n) is 11.1. The highest BCUT2D eigenvalue weighted by Crippen LogP contribution is 2.71. The van der Waals surface area contributed by atoms with Gasteiger partial charge in [-0.15, -0.1) is 0 Å². The summed E-state index contributed by atoms with van der Waals surface area (Å²) in [6.07, 6.45) is 10.3. The Labute approximate surface area is 170 Å². The number of ether oxygens (including phenoxy) is 1. The summed E-state index contributed by atoms with van der Waals surface area (Å²) in [4.78, 5) is 25.2. The molecule has 4 rings (SSSR count). The molecule has 8 atom stereocenters. The average Bonchev–Trinajstić information content (AvgIpc) is 2.89. The quantitative estimate of drug-likeness (QED) is 0.687. The van der Waals surface area contributed by atoms with Gasteiger partial charge in [0.1, 0.15) is 6.61 Å². The third kappa shape index (κ3) is 2.44. The molecular formula is C25H36O3. The highest BCUT2D eigenvalue weighted by atomic mass is 16.5. The second kappa shape index (κ2) is 6.39. The molecule has 0 spiro atoms. The lowest BCUT2D eigenvalue weighted by Gasteiger charge is -2.62. The van der Waals surface area contributed by atoms with E-state index in [0.29, 0.717) is 29.6 Å². The maximum atomic E-state index is 13.1. The predicted molar refractivity (Wildman–Crippen MR) is 111 cm³/mol. The summed E-state index contributed by atoms with van der Waals surface area (Å²) >= 11 is 0. The van der Waals surface area contributed by atoms with Gasteiger partial charge in [0.05, 0.1) is 0 Å². The van der Waals surface area contributed by atoms with Crippen LogP contribution in [-0.4, -0.2) is 25.3 Å². The van der Waals surface area contributed by atoms with Crippen molar-refractivity contribution >= 4 is 11.6 Å². The Morgan fingerprint density at radius 2 is 1.96 bits per heavy atom. The summed E-state index contributed by atoms with van der Waals surface area (Å²) in [6.45, 7) is 11.9. The van der Waals surface area contributed by atoms with E-state index in [1.165, 1.54) is 5.57 Å². The smallest absolute Gasteiger partial charge is 0.178 e. The van der Waals surface area contributed by atoms with E-state index < -0.39 is 0 Å². The number of carbonyl (C=O) groups excluding carboxylic acids is 2. The lowest BCUT2D eigenvalue weighted by Crippen LogP contribution is -2.57. The number of hydrogen-bond donors (Lipinski definition) is 0. The zero-order valence-corrected chi connectivity index (χ0v) is 18.4. The maximum absolute atomic E-state index is 13.1. The first-order chi connectivity index (χ1) is 13.1. The molecule has 0 heterocycles. The largest absolute Gasteiger partial charge is 0.377 e. The molecule has 3 saturated carbocycles. The summed E-state index contributed by atoms with van der Waals surface area (Å²) in [5.41, 5.74) is 1.07. The standard InChI is InChI=1S/C25H36O3/c1-15-11-18-19-8-10-24(4,21(27)14-28-6)25(19,5)13-16(2)22(18)23(3)9-7-17(26)12-20(15)23/h7,9,12,15-16,18-19,22H,8,10-11,13-14H2,1-6H3/t15-,16-,18-,19-,22-,23-,24+,25-/m0/s1. The first kappa shape index (κ1) is 20.1. The lowest BCUT2D eigenvalue weighted by molar-refractivity contribution is -0.148. The van der Waals surface area contributed by atoms with Gasteiger partial charge in [0.15, 0.2) is 11.6 Å². The van der Waals surface area contributed by atoms with E-state index >= 15 is 0 Å². The van der Waals surface area contributed by atoms with Crippen molar-refractivity contribution < 1.29 is 14.3 Å². The molecule has 154 valence electrons. The number of hydrogen-bond acceptors (Lipinski definition) is 3. The molecule has 0 unspecified atom stereocenters. The van der Waals surface area contributed by atoms with Crippen LogP contribution in [0.25, 0.3) is 0 Å². The van der Waals surface area contributed by atoms with Crippen molar-refractivity contribution in [1.29, 1.82) is 0 Å². The lowest BCUT2D eigenvalue weighted by atomic mass is 9.42. The molecule has 0 aromatic heterocycles. The van der Waals surface area contributed by atoms with E-state index in [0.717, 1.165) is 25.7 Å². The third-order valence-corrected chi connectivity index (χ3v) is 9.62. The van der Waals surface area contributed by atoms with E-state index in [1.807, 2.05) is 6.08 Å². The number of allylic oxidation sites excluding steroid dienone is 4. The van der Waals surface area contributed by atoms with Gasteiger partial charge in [0.2, 0.25) is 0 Å². The van der Waals surface area contributed by atoms with Crippen LogP contribution in [0.4, 0.5) is 0 Å². The number of fused-ring (bicyclic) bond motifs is 5. The molecule has 0 radical (unpaired) electrons. The maximum Gasteiger partial charge on any atom is 0.178 e. The fraction of sp³-hybridized carbons (Fsp3) is 0.760. The van der Waals surface area contributed by atoms with Crippen molar-refractivity contribution in [2.45, 2.75) is 60.3 Å². The van der Waals surface area contributed by atoms with Gasteiger partial charge in [0, 0.05) is 17.9 Å². The van der Waals surface area contributed by atoms with Crippen LogP contribution in [-0.2, 0) is 14.3 Å². The van der Waals surface area contributed by atoms with Crippen LogP contribution < -0.4 is 0 Å². The van der Waals surface area contributed by atoms with E-state index in [1.54, 1.807) is 13.2 Å². The Morgan fingerprint density at radius 1 is 1.25 bits per heavy atom. The molecule has 4 aliphatic carbocycles. The van der Waals surface area contributed by atoms with Gasteiger partial charge in [-0.2, -0.15) is 0 Å². The highest BCUT2D eigenvalue weighted by molar-refractivity contribution is 6.01. The summed E-state index contributed by atoms with van der Waals surface area (Å²) in [6, 6.07) is 0. The van der Waals surface area contributed by atoms with Crippen LogP contribution in [0.5, 0.6) is 0 Å². The number of ketones is 2. The van der Waals surface area contributed by atoms with E-state index in [4.69, 9.17) is 4.74 Å². The van der Waals surface area contributed by atoms with Crippen LogP contribution in [0.2, 0.25) is 0 Å². The summed E-state index contributed by atoms with van der Waals surface area (Å²) in [5, 5.41) is 0. The fourth-order valence-electron chi connectivity index (χ4n) is 8.30. The van der Waals surface area contributed by atoms with Crippen molar-refractivity contribution in [2.75, 3.05) is 13.7 Å². The van der Waals surface area contributed by atoms with Gasteiger partial charge in [0.25, 0.3) is 0 Å². The molecule has 3 fully saturated rings. The zero-order valence-electron chi connectivity index (χ0n) is 18.4. The van der Waals surface area contributed by atoms with Gasteiger partial charge < -0.3 is 4.74 Å².